The van der Waals surface area contributed by atoms with Gasteiger partial charge in [-0.05, 0) is 42.5 Å². The van der Waals surface area contributed by atoms with Crippen molar-refractivity contribution in [2.24, 2.45) is 5.92 Å². The average molecular weight is 391 g/mol. The number of H-pyrrole nitrogens is 1. The van der Waals surface area contributed by atoms with E-state index < -0.39 is 0 Å². The Labute approximate surface area is 169 Å². The maximum atomic E-state index is 12.4. The van der Waals surface area contributed by atoms with E-state index in [0.717, 1.165) is 46.7 Å². The molecule has 29 heavy (non-hydrogen) atoms. The van der Waals surface area contributed by atoms with Crippen LogP contribution in [-0.2, 0) is 12.8 Å². The Morgan fingerprint density at radius 1 is 1.31 bits per heavy atom. The first-order valence-electron chi connectivity index (χ1n) is 9.88. The third-order valence-corrected chi connectivity index (χ3v) is 4.86. The predicted molar refractivity (Wildman–Crippen MR) is 110 cm³/mol. The highest BCUT2D eigenvalue weighted by molar-refractivity contribution is 5.92. The molecule has 0 unspecified atom stereocenters. The predicted octanol–water partition coefficient (Wildman–Crippen LogP) is 3.11. The molecule has 0 saturated carbocycles. The summed E-state index contributed by atoms with van der Waals surface area (Å²) in [6.45, 7) is 6.74. The zero-order valence-electron chi connectivity index (χ0n) is 16.9. The van der Waals surface area contributed by atoms with E-state index in [9.17, 15) is 4.79 Å². The molecule has 150 valence electrons. The number of aryl methyl sites for hydroxylation is 1. The Morgan fingerprint density at radius 3 is 2.93 bits per heavy atom. The molecule has 2 aromatic heterocycles. The van der Waals surface area contributed by atoms with Crippen LogP contribution in [0.1, 0.15) is 41.2 Å². The molecule has 7 heteroatoms. The number of amides is 1. The topological polar surface area (TPSA) is 92.8 Å². The van der Waals surface area contributed by atoms with E-state index in [1.54, 1.807) is 18.6 Å². The zero-order valence-corrected chi connectivity index (χ0v) is 16.9. The Balaban J connectivity index is 1.42. The number of ether oxygens (including phenoxy) is 1. The molecule has 1 aromatic carbocycles. The van der Waals surface area contributed by atoms with Crippen molar-refractivity contribution in [2.45, 2.75) is 39.7 Å². The van der Waals surface area contributed by atoms with Crippen molar-refractivity contribution in [2.75, 3.05) is 6.54 Å². The summed E-state index contributed by atoms with van der Waals surface area (Å²) >= 11 is 0. The molecule has 7 nitrogen and oxygen atoms in total. The van der Waals surface area contributed by atoms with Crippen molar-refractivity contribution in [3.05, 3.63) is 59.3 Å². The van der Waals surface area contributed by atoms with Gasteiger partial charge in [0.1, 0.15) is 17.5 Å². The molecule has 1 aliphatic heterocycles. The van der Waals surface area contributed by atoms with Crippen LogP contribution in [0.15, 0.2) is 36.8 Å². The Kier molecular flexibility index (Phi) is 5.29. The summed E-state index contributed by atoms with van der Waals surface area (Å²) in [5, 5.41) is 10.0. The summed E-state index contributed by atoms with van der Waals surface area (Å²) in [7, 11) is 0. The van der Waals surface area contributed by atoms with Gasteiger partial charge in [0, 0.05) is 30.1 Å². The van der Waals surface area contributed by atoms with Crippen molar-refractivity contribution < 1.29 is 9.53 Å². The van der Waals surface area contributed by atoms with Gasteiger partial charge in [-0.1, -0.05) is 19.9 Å². The van der Waals surface area contributed by atoms with E-state index in [2.05, 4.69) is 58.4 Å². The molecule has 0 bridgehead atoms. The molecule has 3 aromatic rings. The highest BCUT2D eigenvalue weighted by Crippen LogP contribution is 2.38. The SMILES string of the molecule is Cc1cc2c(c(-c3cnccn3)c1)O[C@H](CNC(=O)c1cc(CC(C)C)[nH]n1)C2. The highest BCUT2D eigenvalue weighted by atomic mass is 16.5. The monoisotopic (exact) mass is 391 g/mol. The number of benzene rings is 1. The highest BCUT2D eigenvalue weighted by Gasteiger charge is 2.27. The lowest BCUT2D eigenvalue weighted by Gasteiger charge is -2.13. The van der Waals surface area contributed by atoms with Crippen LogP contribution in [0.5, 0.6) is 5.75 Å². The second-order valence-corrected chi connectivity index (χ2v) is 7.92. The molecule has 0 aliphatic carbocycles. The van der Waals surface area contributed by atoms with Crippen LogP contribution in [0.3, 0.4) is 0 Å². The fourth-order valence-corrected chi connectivity index (χ4v) is 3.65. The molecule has 3 heterocycles. The van der Waals surface area contributed by atoms with Gasteiger partial charge in [0.2, 0.25) is 0 Å². The van der Waals surface area contributed by atoms with Gasteiger partial charge in [0.05, 0.1) is 18.4 Å². The quantitative estimate of drug-likeness (QED) is 0.673. The second kappa shape index (κ2) is 8.03. The van der Waals surface area contributed by atoms with Crippen molar-refractivity contribution in [1.29, 1.82) is 0 Å². The zero-order chi connectivity index (χ0) is 20.4. The van der Waals surface area contributed by atoms with E-state index >= 15 is 0 Å². The minimum Gasteiger partial charge on any atom is -0.487 e. The number of carbonyl (C=O) groups is 1. The maximum absolute atomic E-state index is 12.4. The van der Waals surface area contributed by atoms with Gasteiger partial charge in [-0.25, -0.2) is 0 Å². The van der Waals surface area contributed by atoms with Crippen LogP contribution in [0.2, 0.25) is 0 Å². The van der Waals surface area contributed by atoms with Crippen molar-refractivity contribution in [3.63, 3.8) is 0 Å². The van der Waals surface area contributed by atoms with Crippen LogP contribution in [0, 0.1) is 12.8 Å². The number of hydrogen-bond donors (Lipinski definition) is 2. The first-order chi connectivity index (χ1) is 14.0. The number of fused-ring (bicyclic) bond motifs is 1. The van der Waals surface area contributed by atoms with Gasteiger partial charge < -0.3 is 10.1 Å². The number of aromatic nitrogens is 4. The molecular formula is C22H25N5O2. The number of rotatable bonds is 6. The number of hydrogen-bond acceptors (Lipinski definition) is 5. The van der Waals surface area contributed by atoms with Gasteiger partial charge in [-0.15, -0.1) is 0 Å². The molecule has 4 rings (SSSR count). The third kappa shape index (κ3) is 4.29. The fraction of sp³-hybridized carbons (Fsp3) is 0.364. The van der Waals surface area contributed by atoms with Gasteiger partial charge in [0.15, 0.2) is 0 Å². The Bertz CT molecular complexity index is 1010. The lowest BCUT2D eigenvalue weighted by atomic mass is 10.0. The van der Waals surface area contributed by atoms with E-state index in [4.69, 9.17) is 4.74 Å². The number of nitrogens with zero attached hydrogens (tertiary/aromatic N) is 3. The molecule has 0 radical (unpaired) electrons. The first-order valence-corrected chi connectivity index (χ1v) is 9.88. The molecule has 0 fully saturated rings. The first kappa shape index (κ1) is 19.1. The number of carbonyl (C=O) groups excluding carboxylic acids is 1. The summed E-state index contributed by atoms with van der Waals surface area (Å²) in [4.78, 5) is 21.0. The van der Waals surface area contributed by atoms with E-state index in [0.29, 0.717) is 18.2 Å². The lowest BCUT2D eigenvalue weighted by molar-refractivity contribution is 0.0928. The molecular weight excluding hydrogens is 366 g/mol. The Hall–Kier alpha value is -3.22. The summed E-state index contributed by atoms with van der Waals surface area (Å²) < 4.78 is 6.18. The van der Waals surface area contributed by atoms with Crippen molar-refractivity contribution in [3.8, 4) is 17.0 Å². The minimum absolute atomic E-state index is 0.125. The van der Waals surface area contributed by atoms with Crippen LogP contribution in [0.4, 0.5) is 0 Å². The van der Waals surface area contributed by atoms with E-state index in [1.165, 1.54) is 0 Å². The average Bonchev–Trinajstić information content (AvgIpc) is 3.32. The van der Waals surface area contributed by atoms with Crippen LogP contribution < -0.4 is 10.1 Å². The number of nitrogens with one attached hydrogen (secondary N) is 2. The number of aromatic amines is 1. The maximum Gasteiger partial charge on any atom is 0.271 e. The molecule has 0 spiro atoms. The van der Waals surface area contributed by atoms with Crippen LogP contribution in [0.25, 0.3) is 11.3 Å². The van der Waals surface area contributed by atoms with Crippen molar-refractivity contribution >= 4 is 5.91 Å². The molecule has 1 amide bonds. The van der Waals surface area contributed by atoms with Crippen molar-refractivity contribution in [1.82, 2.24) is 25.5 Å². The summed E-state index contributed by atoms with van der Waals surface area (Å²) in [6.07, 6.45) is 6.55. The summed E-state index contributed by atoms with van der Waals surface area (Å²) in [5.41, 5.74) is 5.38. The fourth-order valence-electron chi connectivity index (χ4n) is 3.65. The summed E-state index contributed by atoms with van der Waals surface area (Å²) in [5.74, 6) is 1.14. The van der Waals surface area contributed by atoms with Crippen LogP contribution in [-0.4, -0.2) is 38.7 Å². The molecule has 1 atom stereocenters. The van der Waals surface area contributed by atoms with Gasteiger partial charge >= 0.3 is 0 Å². The van der Waals surface area contributed by atoms with Gasteiger partial charge in [0.25, 0.3) is 5.91 Å². The largest absolute Gasteiger partial charge is 0.487 e. The second-order valence-electron chi connectivity index (χ2n) is 7.92. The smallest absolute Gasteiger partial charge is 0.271 e. The van der Waals surface area contributed by atoms with E-state index in [1.807, 2.05) is 6.07 Å². The third-order valence-electron chi connectivity index (χ3n) is 4.86. The minimum atomic E-state index is -0.193. The lowest BCUT2D eigenvalue weighted by Crippen LogP contribution is -2.34. The standard InChI is InChI=1S/C22H25N5O2/c1-13(2)6-16-10-19(27-26-16)22(28)25-11-17-9-15-7-14(3)8-18(21(15)29-17)20-12-23-4-5-24-20/h4-5,7-8,10,12-13,17H,6,9,11H2,1-3H3,(H,25,28)(H,26,27)/t17-/m0/s1. The van der Waals surface area contributed by atoms with Gasteiger partial charge in [-0.2, -0.15) is 5.10 Å². The molecule has 0 saturated heterocycles. The molecule has 1 aliphatic rings. The van der Waals surface area contributed by atoms with Gasteiger partial charge in [-0.3, -0.25) is 19.9 Å². The summed E-state index contributed by atoms with van der Waals surface area (Å²) in [6, 6.07) is 6.00. The molecule has 2 N–H and O–H groups in total. The van der Waals surface area contributed by atoms with E-state index in [-0.39, 0.29) is 12.0 Å². The normalized spacial score (nSPS) is 15.2. The Morgan fingerprint density at radius 2 is 2.17 bits per heavy atom. The van der Waals surface area contributed by atoms with Crippen LogP contribution >= 0.6 is 0 Å².